The van der Waals surface area contributed by atoms with E-state index < -0.39 is 5.41 Å². The zero-order valence-corrected chi connectivity index (χ0v) is 21.8. The van der Waals surface area contributed by atoms with Crippen LogP contribution in [0.5, 0.6) is 0 Å². The van der Waals surface area contributed by atoms with E-state index in [-0.39, 0.29) is 22.8 Å². The van der Waals surface area contributed by atoms with Crippen molar-refractivity contribution in [1.82, 2.24) is 19.8 Å². The SMILES string of the molecule is Cc1nccc(NC(=O)C(C)(C)CCN2CC3(CCC(c4ccccc4)(N(C)C)CC3)CC2=O)n1. The van der Waals surface area contributed by atoms with Crippen molar-refractivity contribution in [2.75, 3.05) is 32.5 Å². The van der Waals surface area contributed by atoms with Crippen molar-refractivity contribution in [2.24, 2.45) is 10.8 Å². The molecule has 0 radical (unpaired) electrons. The van der Waals surface area contributed by atoms with Crippen LogP contribution in [0.4, 0.5) is 5.82 Å². The van der Waals surface area contributed by atoms with Gasteiger partial charge in [0, 0.05) is 36.7 Å². The molecule has 2 aliphatic rings. The molecular weight excluding hydrogens is 438 g/mol. The number of benzene rings is 1. The van der Waals surface area contributed by atoms with Crippen molar-refractivity contribution in [3.8, 4) is 0 Å². The summed E-state index contributed by atoms with van der Waals surface area (Å²) in [6.07, 6.45) is 7.06. The zero-order chi connectivity index (χ0) is 25.3. The summed E-state index contributed by atoms with van der Waals surface area (Å²) in [5.74, 6) is 1.27. The summed E-state index contributed by atoms with van der Waals surface area (Å²) in [4.78, 5) is 38.6. The first-order chi connectivity index (χ1) is 16.6. The highest BCUT2D eigenvalue weighted by Gasteiger charge is 2.50. The molecule has 1 aromatic heterocycles. The van der Waals surface area contributed by atoms with Crippen LogP contribution in [0.15, 0.2) is 42.6 Å². The van der Waals surface area contributed by atoms with Crippen LogP contribution in [0.25, 0.3) is 0 Å². The average molecular weight is 478 g/mol. The van der Waals surface area contributed by atoms with Crippen LogP contribution < -0.4 is 5.32 Å². The Balaban J connectivity index is 1.36. The number of nitrogens with zero attached hydrogens (tertiary/aromatic N) is 4. The number of rotatable bonds is 7. The Labute approximate surface area is 209 Å². The third kappa shape index (κ3) is 5.25. The number of aromatic nitrogens is 2. The van der Waals surface area contributed by atoms with Crippen LogP contribution in [0.1, 0.15) is 63.8 Å². The maximum atomic E-state index is 13.0. The number of likely N-dealkylation sites (tertiary alicyclic amines) is 1. The van der Waals surface area contributed by atoms with Gasteiger partial charge in [-0.05, 0) is 70.2 Å². The Morgan fingerprint density at radius 1 is 1.11 bits per heavy atom. The Morgan fingerprint density at radius 2 is 1.80 bits per heavy atom. The van der Waals surface area contributed by atoms with Crippen LogP contribution in [-0.4, -0.2) is 58.8 Å². The monoisotopic (exact) mass is 477 g/mol. The number of carbonyl (C=O) groups is 2. The molecule has 1 aliphatic carbocycles. The summed E-state index contributed by atoms with van der Waals surface area (Å²) in [6.45, 7) is 7.05. The molecular formula is C28H39N5O2. The van der Waals surface area contributed by atoms with Gasteiger partial charge in [0.2, 0.25) is 11.8 Å². The molecule has 2 fully saturated rings. The van der Waals surface area contributed by atoms with E-state index in [1.165, 1.54) is 5.56 Å². The van der Waals surface area contributed by atoms with Crippen molar-refractivity contribution < 1.29 is 9.59 Å². The van der Waals surface area contributed by atoms with Crippen LogP contribution in [0, 0.1) is 17.8 Å². The first-order valence-corrected chi connectivity index (χ1v) is 12.7. The summed E-state index contributed by atoms with van der Waals surface area (Å²) >= 11 is 0. The van der Waals surface area contributed by atoms with Crippen molar-refractivity contribution >= 4 is 17.6 Å². The van der Waals surface area contributed by atoms with Gasteiger partial charge in [0.15, 0.2) is 0 Å². The maximum Gasteiger partial charge on any atom is 0.231 e. The Bertz CT molecular complexity index is 1060. The summed E-state index contributed by atoms with van der Waals surface area (Å²) in [6, 6.07) is 12.5. The third-order valence-electron chi connectivity index (χ3n) is 8.35. The van der Waals surface area contributed by atoms with Crippen molar-refractivity contribution in [2.45, 2.75) is 64.8 Å². The minimum Gasteiger partial charge on any atom is -0.342 e. The molecule has 2 heterocycles. The van der Waals surface area contributed by atoms with E-state index in [2.05, 4.69) is 64.6 Å². The van der Waals surface area contributed by atoms with Crippen molar-refractivity contribution in [3.63, 3.8) is 0 Å². The number of hydrogen-bond donors (Lipinski definition) is 1. The lowest BCUT2D eigenvalue weighted by Crippen LogP contribution is -2.47. The highest BCUT2D eigenvalue weighted by molar-refractivity contribution is 5.94. The van der Waals surface area contributed by atoms with E-state index in [1.807, 2.05) is 18.7 Å². The standard InChI is InChI=1S/C28H39N5O2/c1-21-29-17-11-23(30-21)31-25(35)26(2,3)16-18-33-20-27(19-24(33)34)12-14-28(15-13-27,32(4)5)22-9-7-6-8-10-22/h6-11,17H,12-16,18-20H2,1-5H3,(H,29,30,31,35). The predicted molar refractivity (Wildman–Crippen MR) is 138 cm³/mol. The molecule has 7 nitrogen and oxygen atoms in total. The number of aryl methyl sites for hydroxylation is 1. The number of nitrogens with one attached hydrogen (secondary N) is 1. The minimum atomic E-state index is -0.616. The molecule has 1 N–H and O–H groups in total. The molecule has 1 aromatic carbocycles. The molecule has 0 atom stereocenters. The lowest BCUT2D eigenvalue weighted by molar-refractivity contribution is -0.130. The highest BCUT2D eigenvalue weighted by Crippen LogP contribution is 2.52. The molecule has 0 bridgehead atoms. The fourth-order valence-corrected chi connectivity index (χ4v) is 5.80. The van der Waals surface area contributed by atoms with E-state index in [0.29, 0.717) is 31.0 Å². The van der Waals surface area contributed by atoms with Gasteiger partial charge >= 0.3 is 0 Å². The highest BCUT2D eigenvalue weighted by atomic mass is 16.2. The fourth-order valence-electron chi connectivity index (χ4n) is 5.80. The number of hydrogen-bond acceptors (Lipinski definition) is 5. The topological polar surface area (TPSA) is 78.4 Å². The third-order valence-corrected chi connectivity index (χ3v) is 8.35. The summed E-state index contributed by atoms with van der Waals surface area (Å²) in [5.41, 5.74) is 0.834. The van der Waals surface area contributed by atoms with E-state index in [0.717, 1.165) is 32.2 Å². The van der Waals surface area contributed by atoms with Crippen LogP contribution in [0.2, 0.25) is 0 Å². The predicted octanol–water partition coefficient (Wildman–Crippen LogP) is 4.39. The van der Waals surface area contributed by atoms with Gasteiger partial charge in [-0.2, -0.15) is 0 Å². The smallest absolute Gasteiger partial charge is 0.231 e. The van der Waals surface area contributed by atoms with Gasteiger partial charge in [-0.3, -0.25) is 14.5 Å². The molecule has 1 saturated heterocycles. The van der Waals surface area contributed by atoms with Gasteiger partial charge in [-0.25, -0.2) is 9.97 Å². The summed E-state index contributed by atoms with van der Waals surface area (Å²) in [7, 11) is 4.35. The lowest BCUT2D eigenvalue weighted by atomic mass is 9.64. The lowest BCUT2D eigenvalue weighted by Gasteiger charge is -2.49. The largest absolute Gasteiger partial charge is 0.342 e. The normalized spacial score (nSPS) is 24.9. The minimum absolute atomic E-state index is 0.0302. The van der Waals surface area contributed by atoms with Gasteiger partial charge in [0.1, 0.15) is 11.6 Å². The first kappa shape index (κ1) is 25.3. The Kier molecular flexibility index (Phi) is 7.00. The Morgan fingerprint density at radius 3 is 2.43 bits per heavy atom. The van der Waals surface area contributed by atoms with Gasteiger partial charge < -0.3 is 10.2 Å². The van der Waals surface area contributed by atoms with Crippen molar-refractivity contribution in [3.05, 3.63) is 54.0 Å². The number of amides is 2. The second-order valence-corrected chi connectivity index (χ2v) is 11.4. The summed E-state index contributed by atoms with van der Waals surface area (Å²) < 4.78 is 0. The second kappa shape index (κ2) is 9.69. The molecule has 1 aliphatic heterocycles. The van der Waals surface area contributed by atoms with Crippen LogP contribution in [-0.2, 0) is 15.1 Å². The van der Waals surface area contributed by atoms with E-state index in [1.54, 1.807) is 19.2 Å². The second-order valence-electron chi connectivity index (χ2n) is 11.4. The van der Waals surface area contributed by atoms with E-state index >= 15 is 0 Å². The van der Waals surface area contributed by atoms with Crippen LogP contribution in [0.3, 0.4) is 0 Å². The molecule has 0 unspecified atom stereocenters. The van der Waals surface area contributed by atoms with Gasteiger partial charge in [-0.1, -0.05) is 44.2 Å². The molecule has 2 aromatic rings. The van der Waals surface area contributed by atoms with Gasteiger partial charge in [-0.15, -0.1) is 0 Å². The maximum absolute atomic E-state index is 13.0. The van der Waals surface area contributed by atoms with Gasteiger partial charge in [0.05, 0.1) is 0 Å². The van der Waals surface area contributed by atoms with E-state index in [9.17, 15) is 9.59 Å². The van der Waals surface area contributed by atoms with Gasteiger partial charge in [0.25, 0.3) is 0 Å². The molecule has 1 spiro atoms. The molecule has 1 saturated carbocycles. The number of anilines is 1. The fraction of sp³-hybridized carbons (Fsp3) is 0.571. The summed E-state index contributed by atoms with van der Waals surface area (Å²) in [5, 5.41) is 2.90. The first-order valence-electron chi connectivity index (χ1n) is 12.7. The van der Waals surface area contributed by atoms with E-state index in [4.69, 9.17) is 0 Å². The molecule has 188 valence electrons. The van der Waals surface area contributed by atoms with Crippen molar-refractivity contribution in [1.29, 1.82) is 0 Å². The average Bonchev–Trinajstić information content (AvgIpc) is 3.13. The molecule has 35 heavy (non-hydrogen) atoms. The molecule has 4 rings (SSSR count). The molecule has 7 heteroatoms. The Hall–Kier alpha value is -2.80. The molecule has 2 amide bonds. The van der Waals surface area contributed by atoms with Crippen LogP contribution >= 0.6 is 0 Å². The zero-order valence-electron chi connectivity index (χ0n) is 21.8. The quantitative estimate of drug-likeness (QED) is 0.640. The number of carbonyl (C=O) groups excluding carboxylic acids is 2.